The lowest BCUT2D eigenvalue weighted by Gasteiger charge is -2.18. The molecule has 2 N–H and O–H groups in total. The molecule has 0 bridgehead atoms. The van der Waals surface area contributed by atoms with E-state index < -0.39 is 10.8 Å². The van der Waals surface area contributed by atoms with Crippen LogP contribution < -0.4 is 10.6 Å². The molecule has 0 aromatic heterocycles. The predicted molar refractivity (Wildman–Crippen MR) is 87.8 cm³/mol. The number of amides is 1. The maximum absolute atomic E-state index is 12.1. The molecule has 0 fully saturated rings. The van der Waals surface area contributed by atoms with Gasteiger partial charge < -0.3 is 10.6 Å². The van der Waals surface area contributed by atoms with Crippen molar-refractivity contribution in [3.63, 3.8) is 0 Å². The summed E-state index contributed by atoms with van der Waals surface area (Å²) in [5, 5.41) is 5.59. The van der Waals surface area contributed by atoms with Crippen LogP contribution in [0.3, 0.4) is 0 Å². The summed E-state index contributed by atoms with van der Waals surface area (Å²) in [4.78, 5) is 11.5. The topological polar surface area (TPSA) is 58.2 Å². The van der Waals surface area contributed by atoms with Gasteiger partial charge in [0, 0.05) is 27.0 Å². The minimum absolute atomic E-state index is 0. The molecule has 1 unspecified atom stereocenters. The van der Waals surface area contributed by atoms with Crippen molar-refractivity contribution in [2.24, 2.45) is 0 Å². The molecule has 1 rings (SSSR count). The number of halogens is 1. The molecular formula is C14H23ClN2O2S. The molecule has 0 radical (unpaired) electrons. The summed E-state index contributed by atoms with van der Waals surface area (Å²) in [7, 11) is 0.787. The summed E-state index contributed by atoms with van der Waals surface area (Å²) in [6, 6.07) is 7.50. The van der Waals surface area contributed by atoms with Gasteiger partial charge in [-0.3, -0.25) is 9.00 Å². The van der Waals surface area contributed by atoms with Crippen LogP contribution in [0.2, 0.25) is 0 Å². The van der Waals surface area contributed by atoms with Gasteiger partial charge >= 0.3 is 0 Å². The van der Waals surface area contributed by atoms with Gasteiger partial charge in [0.2, 0.25) is 5.91 Å². The molecule has 0 saturated carbocycles. The molecule has 1 aromatic rings. The fourth-order valence-corrected chi connectivity index (χ4v) is 2.39. The zero-order chi connectivity index (χ0) is 14.5. The quantitative estimate of drug-likeness (QED) is 0.876. The molecule has 1 atom stereocenters. The zero-order valence-corrected chi connectivity index (χ0v) is 14.0. The largest absolute Gasteiger partial charge is 0.325 e. The molecular weight excluding hydrogens is 296 g/mol. The van der Waals surface area contributed by atoms with Gasteiger partial charge in [-0.25, -0.2) is 0 Å². The van der Waals surface area contributed by atoms with E-state index in [9.17, 15) is 9.00 Å². The maximum atomic E-state index is 12.1. The smallest absolute Gasteiger partial charge is 0.238 e. The second-order valence-electron chi connectivity index (χ2n) is 5.38. The molecule has 1 aromatic carbocycles. The summed E-state index contributed by atoms with van der Waals surface area (Å²) in [6.45, 7) is 6.16. The Morgan fingerprint density at radius 3 is 2.50 bits per heavy atom. The first-order chi connectivity index (χ1) is 8.82. The average Bonchev–Trinajstić information content (AvgIpc) is 2.28. The number of carbonyl (C=O) groups is 1. The van der Waals surface area contributed by atoms with Gasteiger partial charge in [0.1, 0.15) is 0 Å². The van der Waals surface area contributed by atoms with Crippen LogP contribution in [0.25, 0.3) is 0 Å². The van der Waals surface area contributed by atoms with Crippen LogP contribution in [-0.2, 0) is 21.3 Å². The van der Waals surface area contributed by atoms with E-state index in [0.717, 1.165) is 11.3 Å². The van der Waals surface area contributed by atoms with Gasteiger partial charge in [0.25, 0.3) is 0 Å². The SMILES string of the molecule is CNCC(=O)Nc1cccc(CS(=O)C(C)(C)C)c1.Cl. The number of nitrogens with one attached hydrogen (secondary N) is 2. The molecule has 1 amide bonds. The summed E-state index contributed by atoms with van der Waals surface area (Å²) in [5.41, 5.74) is 1.71. The Balaban J connectivity index is 0.00000361. The van der Waals surface area contributed by atoms with Crippen molar-refractivity contribution in [1.82, 2.24) is 5.32 Å². The van der Waals surface area contributed by atoms with Crippen molar-refractivity contribution >= 4 is 34.8 Å². The van der Waals surface area contributed by atoms with Crippen LogP contribution in [0.1, 0.15) is 26.3 Å². The molecule has 0 heterocycles. The highest BCUT2D eigenvalue weighted by Crippen LogP contribution is 2.18. The van der Waals surface area contributed by atoms with Gasteiger partial charge in [0.15, 0.2) is 0 Å². The van der Waals surface area contributed by atoms with Crippen LogP contribution in [0, 0.1) is 0 Å². The highest BCUT2D eigenvalue weighted by atomic mass is 35.5. The fraction of sp³-hybridized carbons (Fsp3) is 0.500. The molecule has 0 aliphatic rings. The Morgan fingerprint density at radius 2 is 1.95 bits per heavy atom. The second kappa shape index (κ2) is 8.39. The lowest BCUT2D eigenvalue weighted by atomic mass is 10.2. The first-order valence-electron chi connectivity index (χ1n) is 6.25. The number of anilines is 1. The van der Waals surface area contributed by atoms with Crippen molar-refractivity contribution < 1.29 is 9.00 Å². The number of rotatable bonds is 5. The summed E-state index contributed by atoms with van der Waals surface area (Å²) >= 11 is 0. The molecule has 4 nitrogen and oxygen atoms in total. The first-order valence-corrected chi connectivity index (χ1v) is 7.56. The predicted octanol–water partition coefficient (Wildman–Crippen LogP) is 2.31. The van der Waals surface area contributed by atoms with E-state index in [1.165, 1.54) is 0 Å². The van der Waals surface area contributed by atoms with Gasteiger partial charge in [-0.15, -0.1) is 12.4 Å². The fourth-order valence-electron chi connectivity index (χ4n) is 1.47. The number of hydrogen-bond acceptors (Lipinski definition) is 3. The third-order valence-electron chi connectivity index (χ3n) is 2.53. The third-order valence-corrected chi connectivity index (χ3v) is 4.49. The van der Waals surface area contributed by atoms with Crippen molar-refractivity contribution in [3.8, 4) is 0 Å². The van der Waals surface area contributed by atoms with Crippen molar-refractivity contribution in [1.29, 1.82) is 0 Å². The molecule has 20 heavy (non-hydrogen) atoms. The van der Waals surface area contributed by atoms with E-state index in [1.54, 1.807) is 7.05 Å². The van der Waals surface area contributed by atoms with Gasteiger partial charge in [-0.1, -0.05) is 12.1 Å². The number of carbonyl (C=O) groups excluding carboxylic acids is 1. The Morgan fingerprint density at radius 1 is 1.30 bits per heavy atom. The van der Waals surface area contributed by atoms with Crippen molar-refractivity contribution in [2.75, 3.05) is 18.9 Å². The summed E-state index contributed by atoms with van der Waals surface area (Å²) < 4.78 is 11.9. The Bertz CT molecular complexity index is 472. The second-order valence-corrected chi connectivity index (χ2v) is 7.59. The number of hydrogen-bond donors (Lipinski definition) is 2. The highest BCUT2D eigenvalue weighted by Gasteiger charge is 2.19. The van der Waals surface area contributed by atoms with Crippen LogP contribution in [0.15, 0.2) is 24.3 Å². The Hall–Kier alpha value is -0.910. The molecule has 6 heteroatoms. The molecule has 0 aliphatic carbocycles. The Labute approximate surface area is 129 Å². The molecule has 0 spiro atoms. The van der Waals surface area contributed by atoms with Crippen LogP contribution in [0.4, 0.5) is 5.69 Å². The first kappa shape index (κ1) is 19.1. The van der Waals surface area contributed by atoms with Crippen molar-refractivity contribution in [2.45, 2.75) is 31.3 Å². The lowest BCUT2D eigenvalue weighted by molar-refractivity contribution is -0.115. The monoisotopic (exact) mass is 318 g/mol. The Kier molecular flexibility index (Phi) is 8.01. The van der Waals surface area contributed by atoms with Gasteiger partial charge in [-0.2, -0.15) is 0 Å². The van der Waals surface area contributed by atoms with E-state index in [1.807, 2.05) is 45.0 Å². The van der Waals surface area contributed by atoms with E-state index in [-0.39, 0.29) is 29.6 Å². The van der Waals surface area contributed by atoms with E-state index in [0.29, 0.717) is 5.75 Å². The number of likely N-dealkylation sites (N-methyl/N-ethyl adjacent to an activating group) is 1. The molecule has 0 saturated heterocycles. The van der Waals surface area contributed by atoms with Crippen molar-refractivity contribution in [3.05, 3.63) is 29.8 Å². The minimum Gasteiger partial charge on any atom is -0.325 e. The summed E-state index contributed by atoms with van der Waals surface area (Å²) in [5.74, 6) is 0.413. The van der Waals surface area contributed by atoms with E-state index in [2.05, 4.69) is 10.6 Å². The van der Waals surface area contributed by atoms with Gasteiger partial charge in [0.05, 0.1) is 6.54 Å². The number of benzene rings is 1. The lowest BCUT2D eigenvalue weighted by Crippen LogP contribution is -2.25. The summed E-state index contributed by atoms with van der Waals surface area (Å²) in [6.07, 6.45) is 0. The van der Waals surface area contributed by atoms with Crippen LogP contribution in [-0.4, -0.2) is 28.5 Å². The van der Waals surface area contributed by atoms with E-state index >= 15 is 0 Å². The average molecular weight is 319 g/mol. The van der Waals surface area contributed by atoms with Crippen LogP contribution in [0.5, 0.6) is 0 Å². The third kappa shape index (κ3) is 6.50. The molecule has 114 valence electrons. The maximum Gasteiger partial charge on any atom is 0.238 e. The standard InChI is InChI=1S/C14H22N2O2S.ClH/c1-14(2,3)19(18)10-11-6-5-7-12(8-11)16-13(17)9-15-4;/h5-8,15H,9-10H2,1-4H3,(H,16,17);1H. The normalized spacial score (nSPS) is 12.4. The molecule has 0 aliphatic heterocycles. The highest BCUT2D eigenvalue weighted by molar-refractivity contribution is 7.85. The van der Waals surface area contributed by atoms with Crippen LogP contribution >= 0.6 is 12.4 Å². The zero-order valence-electron chi connectivity index (χ0n) is 12.4. The van der Waals surface area contributed by atoms with Gasteiger partial charge in [-0.05, 0) is 45.5 Å². The van der Waals surface area contributed by atoms with E-state index in [4.69, 9.17) is 0 Å². The minimum atomic E-state index is -0.938.